The number of benzene rings is 2. The third-order valence-corrected chi connectivity index (χ3v) is 6.17. The second-order valence-electron chi connectivity index (χ2n) is 9.03. The zero-order valence-corrected chi connectivity index (χ0v) is 19.8. The minimum atomic E-state index is -5.05. The summed E-state index contributed by atoms with van der Waals surface area (Å²) in [4.78, 5) is 28.1. The molecule has 0 unspecified atom stereocenters. The first-order valence-electron chi connectivity index (χ1n) is 11.3. The van der Waals surface area contributed by atoms with Crippen molar-refractivity contribution in [2.24, 2.45) is 0 Å². The van der Waals surface area contributed by atoms with Crippen LogP contribution in [0.15, 0.2) is 48.5 Å². The highest BCUT2D eigenvalue weighted by molar-refractivity contribution is 5.95. The van der Waals surface area contributed by atoms with Gasteiger partial charge in [0.05, 0.1) is 17.7 Å². The second kappa shape index (κ2) is 10.9. The Morgan fingerprint density at radius 2 is 1.56 bits per heavy atom. The first-order valence-corrected chi connectivity index (χ1v) is 11.3. The van der Waals surface area contributed by atoms with Gasteiger partial charge in [0.2, 0.25) is 5.91 Å². The molecule has 1 saturated heterocycles. The quantitative estimate of drug-likeness (QED) is 0.572. The monoisotopic (exact) mass is 515 g/mol. The molecule has 2 aromatic carbocycles. The van der Waals surface area contributed by atoms with Crippen molar-refractivity contribution in [2.75, 3.05) is 27.2 Å². The summed E-state index contributed by atoms with van der Waals surface area (Å²) in [5, 5.41) is 3.15. The molecule has 2 atom stereocenters. The predicted molar refractivity (Wildman–Crippen MR) is 121 cm³/mol. The summed E-state index contributed by atoms with van der Waals surface area (Å²) in [7, 11) is 3.24. The van der Waals surface area contributed by atoms with Gasteiger partial charge in [0.25, 0.3) is 5.91 Å². The van der Waals surface area contributed by atoms with Gasteiger partial charge in [-0.15, -0.1) is 0 Å². The van der Waals surface area contributed by atoms with E-state index in [9.17, 15) is 35.9 Å². The zero-order chi connectivity index (χ0) is 26.7. The molecule has 3 rings (SSSR count). The van der Waals surface area contributed by atoms with E-state index in [4.69, 9.17) is 0 Å². The summed E-state index contributed by atoms with van der Waals surface area (Å²) in [6.45, 7) is 0.188. The van der Waals surface area contributed by atoms with Crippen LogP contribution < -0.4 is 5.32 Å². The molecule has 5 nitrogen and oxygen atoms in total. The van der Waals surface area contributed by atoms with Gasteiger partial charge in [0, 0.05) is 38.3 Å². The van der Waals surface area contributed by atoms with Crippen LogP contribution in [-0.4, -0.2) is 60.9 Å². The number of rotatable bonds is 6. The third-order valence-electron chi connectivity index (χ3n) is 6.17. The lowest BCUT2D eigenvalue weighted by Crippen LogP contribution is -2.53. The Morgan fingerprint density at radius 1 is 0.972 bits per heavy atom. The molecule has 1 aliphatic rings. The number of carbonyl (C=O) groups is 2. The second-order valence-corrected chi connectivity index (χ2v) is 9.03. The summed E-state index contributed by atoms with van der Waals surface area (Å²) >= 11 is 0. The first kappa shape index (κ1) is 27.5. The minimum absolute atomic E-state index is 0.0101. The van der Waals surface area contributed by atoms with Crippen LogP contribution in [0.1, 0.15) is 39.9 Å². The molecule has 0 spiro atoms. The molecule has 0 saturated carbocycles. The van der Waals surface area contributed by atoms with Crippen molar-refractivity contribution in [3.05, 3.63) is 70.8 Å². The largest absolute Gasteiger partial charge is 0.416 e. The fourth-order valence-electron chi connectivity index (χ4n) is 4.22. The standard InChI is InChI=1S/C25H27F6N3O2/c1-33(2)22(35)15-32-20-8-9-34(21(14-20)10-16-6-4-3-5-7-16)23(36)17-11-18(24(26,27)28)13-19(12-17)25(29,30)31/h3-7,11-13,20-21,32H,8-10,14-15H2,1-2H3/t20-,21+/m0/s1. The number of nitrogens with one attached hydrogen (secondary N) is 1. The molecule has 1 N–H and O–H groups in total. The van der Waals surface area contributed by atoms with E-state index < -0.39 is 41.0 Å². The average molecular weight is 515 g/mol. The van der Waals surface area contributed by atoms with Gasteiger partial charge in [-0.05, 0) is 43.0 Å². The summed E-state index contributed by atoms with van der Waals surface area (Å²) in [6, 6.07) is 9.39. The molecule has 0 radical (unpaired) electrons. The Kier molecular flexibility index (Phi) is 8.33. The number of amides is 2. The molecule has 2 amide bonds. The van der Waals surface area contributed by atoms with Crippen molar-refractivity contribution in [3.8, 4) is 0 Å². The Morgan fingerprint density at radius 3 is 2.08 bits per heavy atom. The average Bonchev–Trinajstić information content (AvgIpc) is 2.81. The molecule has 1 aliphatic heterocycles. The number of piperidine rings is 1. The molecule has 0 aromatic heterocycles. The Hall–Kier alpha value is -3.08. The topological polar surface area (TPSA) is 52.7 Å². The van der Waals surface area contributed by atoms with E-state index in [0.717, 1.165) is 5.56 Å². The lowest BCUT2D eigenvalue weighted by molar-refractivity contribution is -0.143. The predicted octanol–water partition coefficient (Wildman–Crippen LogP) is 4.62. The van der Waals surface area contributed by atoms with Gasteiger partial charge in [-0.3, -0.25) is 9.59 Å². The first-order chi connectivity index (χ1) is 16.8. The molecule has 196 valence electrons. The summed E-state index contributed by atoms with van der Waals surface area (Å²) < 4.78 is 80.0. The lowest BCUT2D eigenvalue weighted by Gasteiger charge is -2.40. The fraction of sp³-hybridized carbons (Fsp3) is 0.440. The summed E-state index contributed by atoms with van der Waals surface area (Å²) in [6.07, 6.45) is -8.96. The van der Waals surface area contributed by atoms with Crippen molar-refractivity contribution in [1.82, 2.24) is 15.1 Å². The molecular formula is C25H27F6N3O2. The van der Waals surface area contributed by atoms with Crippen molar-refractivity contribution >= 4 is 11.8 Å². The van der Waals surface area contributed by atoms with Gasteiger partial charge < -0.3 is 15.1 Å². The molecule has 0 bridgehead atoms. The van der Waals surface area contributed by atoms with Crippen LogP contribution >= 0.6 is 0 Å². The highest BCUT2D eigenvalue weighted by Gasteiger charge is 2.39. The maximum absolute atomic E-state index is 13.3. The zero-order valence-electron chi connectivity index (χ0n) is 19.8. The molecule has 1 heterocycles. The highest BCUT2D eigenvalue weighted by Crippen LogP contribution is 2.37. The van der Waals surface area contributed by atoms with E-state index >= 15 is 0 Å². The van der Waals surface area contributed by atoms with Crippen LogP contribution in [0.5, 0.6) is 0 Å². The number of likely N-dealkylation sites (tertiary alicyclic amines) is 1. The van der Waals surface area contributed by atoms with E-state index in [1.165, 1.54) is 9.80 Å². The number of hydrogen-bond donors (Lipinski definition) is 1. The van der Waals surface area contributed by atoms with Crippen molar-refractivity contribution in [1.29, 1.82) is 0 Å². The van der Waals surface area contributed by atoms with E-state index in [1.54, 1.807) is 26.2 Å². The minimum Gasteiger partial charge on any atom is -0.348 e. The van der Waals surface area contributed by atoms with Crippen LogP contribution in [0.4, 0.5) is 26.3 Å². The molecule has 2 aromatic rings. The van der Waals surface area contributed by atoms with Crippen molar-refractivity contribution < 1.29 is 35.9 Å². The highest BCUT2D eigenvalue weighted by atomic mass is 19.4. The lowest BCUT2D eigenvalue weighted by atomic mass is 9.91. The number of likely N-dealkylation sites (N-methyl/N-ethyl adjacent to an activating group) is 1. The Balaban J connectivity index is 1.90. The van der Waals surface area contributed by atoms with Crippen LogP contribution in [-0.2, 0) is 23.6 Å². The number of carbonyl (C=O) groups excluding carboxylic acids is 2. The summed E-state index contributed by atoms with van der Waals surface area (Å²) in [5.74, 6) is -1.04. The van der Waals surface area contributed by atoms with Crippen molar-refractivity contribution in [3.63, 3.8) is 0 Å². The van der Waals surface area contributed by atoms with E-state index in [-0.39, 0.29) is 31.1 Å². The van der Waals surface area contributed by atoms with Gasteiger partial charge in [-0.25, -0.2) is 0 Å². The molecule has 36 heavy (non-hydrogen) atoms. The van der Waals surface area contributed by atoms with Crippen LogP contribution in [0, 0.1) is 0 Å². The molecule has 11 heteroatoms. The van der Waals surface area contributed by atoms with Gasteiger partial charge in [0.15, 0.2) is 0 Å². The Labute approximate surface area is 205 Å². The van der Waals surface area contributed by atoms with E-state index in [2.05, 4.69) is 5.32 Å². The molecule has 1 fully saturated rings. The third kappa shape index (κ3) is 6.99. The van der Waals surface area contributed by atoms with Gasteiger partial charge in [0.1, 0.15) is 0 Å². The number of alkyl halides is 6. The molecular weight excluding hydrogens is 488 g/mol. The van der Waals surface area contributed by atoms with Crippen LogP contribution in [0.2, 0.25) is 0 Å². The van der Waals surface area contributed by atoms with Gasteiger partial charge in [-0.2, -0.15) is 26.3 Å². The van der Waals surface area contributed by atoms with Crippen LogP contribution in [0.25, 0.3) is 0 Å². The normalized spacial score (nSPS) is 18.7. The number of nitrogens with zero attached hydrogens (tertiary/aromatic N) is 2. The van der Waals surface area contributed by atoms with Crippen LogP contribution in [0.3, 0.4) is 0 Å². The van der Waals surface area contributed by atoms with Gasteiger partial charge in [-0.1, -0.05) is 30.3 Å². The van der Waals surface area contributed by atoms with E-state index in [1.807, 2.05) is 18.2 Å². The maximum atomic E-state index is 13.3. The smallest absolute Gasteiger partial charge is 0.348 e. The fourth-order valence-corrected chi connectivity index (χ4v) is 4.22. The number of hydrogen-bond acceptors (Lipinski definition) is 3. The Bertz CT molecular complexity index is 1040. The SMILES string of the molecule is CN(C)C(=O)CN[C@H]1CCN(C(=O)c2cc(C(F)(F)F)cc(C(F)(F)F)c2)[C@H](Cc2ccccc2)C1. The van der Waals surface area contributed by atoms with Crippen molar-refractivity contribution in [2.45, 2.75) is 43.7 Å². The molecule has 0 aliphatic carbocycles. The van der Waals surface area contributed by atoms with E-state index in [0.29, 0.717) is 31.4 Å². The maximum Gasteiger partial charge on any atom is 0.416 e. The summed E-state index contributed by atoms with van der Waals surface area (Å²) in [5.41, 5.74) is -2.85. The number of halogens is 6. The van der Waals surface area contributed by atoms with Gasteiger partial charge >= 0.3 is 12.4 Å².